The summed E-state index contributed by atoms with van der Waals surface area (Å²) in [4.78, 5) is 0. The lowest BCUT2D eigenvalue weighted by Gasteiger charge is -2.12. The molecule has 0 aliphatic rings. The van der Waals surface area contributed by atoms with Crippen molar-refractivity contribution in [3.05, 3.63) is 34.3 Å². The first-order valence-corrected chi connectivity index (χ1v) is 6.97. The van der Waals surface area contributed by atoms with Crippen LogP contribution in [0.4, 0.5) is 0 Å². The number of halogens is 1. The molecule has 1 aromatic rings. The van der Waals surface area contributed by atoms with Gasteiger partial charge in [-0.2, -0.15) is 0 Å². The molecule has 1 aromatic carbocycles. The Morgan fingerprint density at radius 3 is 2.50 bits per heavy atom. The molecule has 1 N–H and O–H groups in total. The third kappa shape index (κ3) is 4.67. The van der Waals surface area contributed by atoms with Crippen LogP contribution >= 0.6 is 15.9 Å². The van der Waals surface area contributed by atoms with Crippen molar-refractivity contribution in [1.29, 1.82) is 0 Å². The molecule has 0 radical (unpaired) electrons. The lowest BCUT2D eigenvalue weighted by molar-refractivity contribution is 0.162. The van der Waals surface area contributed by atoms with E-state index in [1.54, 1.807) is 0 Å². The van der Waals surface area contributed by atoms with E-state index in [4.69, 9.17) is 0 Å². The van der Waals surface area contributed by atoms with E-state index in [1.807, 2.05) is 24.3 Å². The SMILES string of the molecule is CCCCCCCC(O)c1ccccc1Br. The van der Waals surface area contributed by atoms with Crippen molar-refractivity contribution in [2.24, 2.45) is 0 Å². The Balaban J connectivity index is 2.30. The molecule has 0 saturated carbocycles. The monoisotopic (exact) mass is 284 g/mol. The van der Waals surface area contributed by atoms with E-state index in [1.165, 1.54) is 25.7 Å². The molecule has 0 aromatic heterocycles. The van der Waals surface area contributed by atoms with Crippen LogP contribution in [-0.4, -0.2) is 5.11 Å². The molecule has 2 heteroatoms. The largest absolute Gasteiger partial charge is 0.388 e. The Labute approximate surface area is 107 Å². The van der Waals surface area contributed by atoms with Crippen LogP contribution in [0, 0.1) is 0 Å². The minimum Gasteiger partial charge on any atom is -0.388 e. The Morgan fingerprint density at radius 2 is 1.81 bits per heavy atom. The van der Waals surface area contributed by atoms with Crippen LogP contribution in [0.2, 0.25) is 0 Å². The molecular formula is C14H21BrO. The van der Waals surface area contributed by atoms with Gasteiger partial charge in [0.15, 0.2) is 0 Å². The summed E-state index contributed by atoms with van der Waals surface area (Å²) in [6.07, 6.45) is 6.76. The van der Waals surface area contributed by atoms with Crippen molar-refractivity contribution in [2.75, 3.05) is 0 Å². The average Bonchev–Trinajstić information content (AvgIpc) is 2.29. The molecule has 0 heterocycles. The molecule has 1 atom stereocenters. The summed E-state index contributed by atoms with van der Waals surface area (Å²) < 4.78 is 1.01. The molecule has 90 valence electrons. The predicted molar refractivity (Wildman–Crippen MR) is 72.5 cm³/mol. The predicted octanol–water partition coefficient (Wildman–Crippen LogP) is 4.84. The lowest BCUT2D eigenvalue weighted by Crippen LogP contribution is -1.98. The molecule has 0 bridgehead atoms. The van der Waals surface area contributed by atoms with Crippen LogP contribution in [0.3, 0.4) is 0 Å². The van der Waals surface area contributed by atoms with Gasteiger partial charge >= 0.3 is 0 Å². The number of benzene rings is 1. The Bertz CT molecular complexity index is 299. The molecule has 0 fully saturated rings. The maximum atomic E-state index is 10.0. The van der Waals surface area contributed by atoms with Gasteiger partial charge in [-0.3, -0.25) is 0 Å². The fraction of sp³-hybridized carbons (Fsp3) is 0.571. The molecule has 1 unspecified atom stereocenters. The zero-order valence-electron chi connectivity index (χ0n) is 9.95. The zero-order valence-corrected chi connectivity index (χ0v) is 11.5. The number of hydrogen-bond donors (Lipinski definition) is 1. The fourth-order valence-electron chi connectivity index (χ4n) is 1.84. The highest BCUT2D eigenvalue weighted by Gasteiger charge is 2.09. The van der Waals surface area contributed by atoms with E-state index in [0.717, 1.165) is 22.9 Å². The van der Waals surface area contributed by atoms with Crippen molar-refractivity contribution < 1.29 is 5.11 Å². The van der Waals surface area contributed by atoms with Crippen molar-refractivity contribution in [2.45, 2.75) is 51.6 Å². The van der Waals surface area contributed by atoms with Crippen molar-refractivity contribution in [3.63, 3.8) is 0 Å². The van der Waals surface area contributed by atoms with Crippen LogP contribution in [0.5, 0.6) is 0 Å². The summed E-state index contributed by atoms with van der Waals surface area (Å²) in [7, 11) is 0. The van der Waals surface area contributed by atoms with E-state index in [9.17, 15) is 5.11 Å². The van der Waals surface area contributed by atoms with Crippen LogP contribution in [0.25, 0.3) is 0 Å². The fourth-order valence-corrected chi connectivity index (χ4v) is 2.39. The molecule has 0 amide bonds. The third-order valence-corrected chi connectivity index (χ3v) is 3.57. The van der Waals surface area contributed by atoms with Gasteiger partial charge in [0, 0.05) is 4.47 Å². The van der Waals surface area contributed by atoms with Gasteiger partial charge in [0.25, 0.3) is 0 Å². The Kier molecular flexibility index (Phi) is 6.74. The number of aliphatic hydroxyl groups is 1. The first kappa shape index (κ1) is 13.7. The third-order valence-electron chi connectivity index (χ3n) is 2.85. The summed E-state index contributed by atoms with van der Waals surface area (Å²) >= 11 is 3.47. The normalized spacial score (nSPS) is 12.7. The average molecular weight is 285 g/mol. The van der Waals surface area contributed by atoms with Crippen molar-refractivity contribution in [1.82, 2.24) is 0 Å². The lowest BCUT2D eigenvalue weighted by atomic mass is 10.0. The molecule has 0 spiro atoms. The van der Waals surface area contributed by atoms with Gasteiger partial charge in [-0.1, -0.05) is 73.2 Å². The number of unbranched alkanes of at least 4 members (excludes halogenated alkanes) is 4. The van der Waals surface area contributed by atoms with E-state index in [-0.39, 0.29) is 6.10 Å². The van der Waals surface area contributed by atoms with Crippen LogP contribution < -0.4 is 0 Å². The summed E-state index contributed by atoms with van der Waals surface area (Å²) in [5, 5.41) is 10.0. The highest BCUT2D eigenvalue weighted by Crippen LogP contribution is 2.26. The Morgan fingerprint density at radius 1 is 1.12 bits per heavy atom. The maximum Gasteiger partial charge on any atom is 0.0800 e. The molecular weight excluding hydrogens is 264 g/mol. The molecule has 1 rings (SSSR count). The highest BCUT2D eigenvalue weighted by molar-refractivity contribution is 9.10. The minimum atomic E-state index is -0.322. The second-order valence-corrected chi connectivity index (χ2v) is 5.09. The first-order chi connectivity index (χ1) is 7.75. The molecule has 0 aliphatic carbocycles. The summed E-state index contributed by atoms with van der Waals surface area (Å²) in [6, 6.07) is 7.92. The second kappa shape index (κ2) is 7.86. The van der Waals surface area contributed by atoms with Gasteiger partial charge in [0.2, 0.25) is 0 Å². The number of aliphatic hydroxyl groups excluding tert-OH is 1. The van der Waals surface area contributed by atoms with Gasteiger partial charge in [-0.05, 0) is 18.1 Å². The van der Waals surface area contributed by atoms with Crippen LogP contribution in [0.15, 0.2) is 28.7 Å². The quantitative estimate of drug-likeness (QED) is 0.710. The van der Waals surface area contributed by atoms with E-state index in [0.29, 0.717) is 0 Å². The van der Waals surface area contributed by atoms with Gasteiger partial charge in [-0.15, -0.1) is 0 Å². The summed E-state index contributed by atoms with van der Waals surface area (Å²) in [5.74, 6) is 0. The number of rotatable bonds is 7. The maximum absolute atomic E-state index is 10.0. The van der Waals surface area contributed by atoms with Crippen molar-refractivity contribution >= 4 is 15.9 Å². The second-order valence-electron chi connectivity index (χ2n) is 4.24. The molecule has 16 heavy (non-hydrogen) atoms. The van der Waals surface area contributed by atoms with E-state index in [2.05, 4.69) is 22.9 Å². The summed E-state index contributed by atoms with van der Waals surface area (Å²) in [5.41, 5.74) is 1.01. The number of hydrogen-bond acceptors (Lipinski definition) is 1. The smallest absolute Gasteiger partial charge is 0.0800 e. The van der Waals surface area contributed by atoms with Crippen molar-refractivity contribution in [3.8, 4) is 0 Å². The molecule has 1 nitrogen and oxygen atoms in total. The van der Waals surface area contributed by atoms with E-state index >= 15 is 0 Å². The Hall–Kier alpha value is -0.340. The van der Waals surface area contributed by atoms with Gasteiger partial charge in [-0.25, -0.2) is 0 Å². The van der Waals surface area contributed by atoms with E-state index < -0.39 is 0 Å². The van der Waals surface area contributed by atoms with Gasteiger partial charge < -0.3 is 5.11 Å². The standard InChI is InChI=1S/C14H21BrO/c1-2-3-4-5-6-11-14(16)12-9-7-8-10-13(12)15/h7-10,14,16H,2-6,11H2,1H3. The topological polar surface area (TPSA) is 20.2 Å². The molecule has 0 saturated heterocycles. The van der Waals surface area contributed by atoms with Crippen LogP contribution in [0.1, 0.15) is 57.1 Å². The van der Waals surface area contributed by atoms with Crippen LogP contribution in [-0.2, 0) is 0 Å². The first-order valence-electron chi connectivity index (χ1n) is 6.18. The minimum absolute atomic E-state index is 0.322. The molecule has 0 aliphatic heterocycles. The van der Waals surface area contributed by atoms with Gasteiger partial charge in [0.05, 0.1) is 6.10 Å². The van der Waals surface area contributed by atoms with Gasteiger partial charge in [0.1, 0.15) is 0 Å². The highest BCUT2D eigenvalue weighted by atomic mass is 79.9. The zero-order chi connectivity index (χ0) is 11.8. The summed E-state index contributed by atoms with van der Waals surface area (Å²) in [6.45, 7) is 2.22.